The summed E-state index contributed by atoms with van der Waals surface area (Å²) in [6.45, 7) is 4.98. The molecule has 3 aromatic heterocycles. The van der Waals surface area contributed by atoms with Crippen molar-refractivity contribution < 1.29 is 32.2 Å². The molecule has 2 aromatic carbocycles. The predicted molar refractivity (Wildman–Crippen MR) is 172 cm³/mol. The Labute approximate surface area is 283 Å². The second kappa shape index (κ2) is 14.4. The number of hydrogen-bond acceptors (Lipinski definition) is 11. The zero-order chi connectivity index (χ0) is 35.4. The van der Waals surface area contributed by atoms with E-state index in [4.69, 9.17) is 14.5 Å². The number of hydrogen-bond donors (Lipinski definition) is 0. The molecular formula is C33H32F3N9O5. The van der Waals surface area contributed by atoms with E-state index in [1.807, 2.05) is 18.7 Å². The number of nitrogens with zero attached hydrogens (tertiary/aromatic N) is 9. The Morgan fingerprint density at radius 1 is 0.960 bits per heavy atom. The minimum Gasteiger partial charge on any atom is -0.489 e. The topological polar surface area (TPSA) is 150 Å². The maximum absolute atomic E-state index is 14.2. The Balaban J connectivity index is 1.22. The molecule has 5 aromatic rings. The first-order chi connectivity index (χ1) is 24.0. The number of para-hydroxylation sites is 1. The number of carbonyl (C=O) groups excluding carboxylic acids is 2. The van der Waals surface area contributed by atoms with Gasteiger partial charge in [0.2, 0.25) is 5.82 Å². The van der Waals surface area contributed by atoms with E-state index in [2.05, 4.69) is 20.2 Å². The van der Waals surface area contributed by atoms with Crippen molar-refractivity contribution in [2.24, 2.45) is 0 Å². The average Bonchev–Trinajstić information content (AvgIpc) is 3.61. The van der Waals surface area contributed by atoms with Gasteiger partial charge in [-0.15, -0.1) is 0 Å². The molecule has 6 rings (SSSR count). The highest BCUT2D eigenvalue weighted by molar-refractivity contribution is 5.96. The zero-order valence-corrected chi connectivity index (χ0v) is 27.1. The molecule has 0 unspecified atom stereocenters. The van der Waals surface area contributed by atoms with E-state index in [0.717, 1.165) is 12.4 Å². The first kappa shape index (κ1) is 34.2. The molecule has 0 N–H and O–H groups in total. The van der Waals surface area contributed by atoms with Gasteiger partial charge in [-0.1, -0.05) is 12.1 Å². The summed E-state index contributed by atoms with van der Waals surface area (Å²) in [5.74, 6) is -1.18. The van der Waals surface area contributed by atoms with Gasteiger partial charge in [-0.05, 0) is 44.2 Å². The SMILES string of the molecule is CC(C)Oc1ccc(C(=O)Cn2nccn2)cc1-n1c(CN2CCN(C(=O)COc3cnc(C(F)(F)F)nc3)CC2)nc2ccccc2c1=O. The molecule has 260 valence electrons. The van der Waals surface area contributed by atoms with Crippen LogP contribution >= 0.6 is 0 Å². The lowest BCUT2D eigenvalue weighted by Gasteiger charge is -2.34. The number of carbonyl (C=O) groups is 2. The van der Waals surface area contributed by atoms with Crippen molar-refractivity contribution in [3.63, 3.8) is 0 Å². The standard InChI is InChI=1S/C33H32F3N9O5/c1-21(2)50-28-8-7-22(27(46)18-44-39-9-10-40-44)15-26(28)45-29(41-25-6-4-3-5-24(25)31(45)48)19-42-11-13-43(14-12-42)30(47)20-49-23-16-37-32(38-17-23)33(34,35)36/h3-10,15-17,21H,11-14,18-20H2,1-2H3. The quantitative estimate of drug-likeness (QED) is 0.188. The van der Waals surface area contributed by atoms with Gasteiger partial charge in [0.1, 0.15) is 18.1 Å². The van der Waals surface area contributed by atoms with E-state index in [0.29, 0.717) is 59.9 Å². The lowest BCUT2D eigenvalue weighted by atomic mass is 10.1. The highest BCUT2D eigenvalue weighted by Crippen LogP contribution is 2.28. The van der Waals surface area contributed by atoms with Crippen LogP contribution in [0.1, 0.15) is 35.9 Å². The fraction of sp³-hybridized carbons (Fsp3) is 0.333. The van der Waals surface area contributed by atoms with Crippen molar-refractivity contribution in [2.75, 3.05) is 32.8 Å². The minimum absolute atomic E-state index is 0.0602. The molecule has 0 atom stereocenters. The molecule has 1 amide bonds. The van der Waals surface area contributed by atoms with Gasteiger partial charge in [0.05, 0.1) is 54.0 Å². The third kappa shape index (κ3) is 7.78. The van der Waals surface area contributed by atoms with Crippen LogP contribution in [-0.4, -0.2) is 94.9 Å². The molecule has 0 bridgehead atoms. The number of aromatic nitrogens is 7. The first-order valence-electron chi connectivity index (χ1n) is 15.7. The second-order valence-corrected chi connectivity index (χ2v) is 11.7. The van der Waals surface area contributed by atoms with Crippen molar-refractivity contribution in [2.45, 2.75) is 39.2 Å². The first-order valence-corrected chi connectivity index (χ1v) is 15.7. The van der Waals surface area contributed by atoms with Crippen LogP contribution in [0.15, 0.2) is 72.0 Å². The van der Waals surface area contributed by atoms with Gasteiger partial charge in [-0.3, -0.25) is 23.9 Å². The summed E-state index contributed by atoms with van der Waals surface area (Å²) < 4.78 is 51.1. The van der Waals surface area contributed by atoms with Crippen LogP contribution in [0.3, 0.4) is 0 Å². The van der Waals surface area contributed by atoms with Crippen molar-refractivity contribution in [3.05, 3.63) is 94.8 Å². The highest BCUT2D eigenvalue weighted by Gasteiger charge is 2.34. The number of fused-ring (bicyclic) bond motifs is 1. The molecule has 1 aliphatic rings. The Morgan fingerprint density at radius 3 is 2.34 bits per heavy atom. The fourth-order valence-corrected chi connectivity index (χ4v) is 5.43. The van der Waals surface area contributed by atoms with Gasteiger partial charge in [0.15, 0.2) is 18.1 Å². The summed E-state index contributed by atoms with van der Waals surface area (Å²) in [6, 6.07) is 11.9. The molecule has 17 heteroatoms. The Hall–Kier alpha value is -5.71. The summed E-state index contributed by atoms with van der Waals surface area (Å²) >= 11 is 0. The Morgan fingerprint density at radius 2 is 1.66 bits per heavy atom. The van der Waals surface area contributed by atoms with Gasteiger partial charge >= 0.3 is 6.18 Å². The second-order valence-electron chi connectivity index (χ2n) is 11.7. The summed E-state index contributed by atoms with van der Waals surface area (Å²) in [5.41, 5.74) is 0.854. The van der Waals surface area contributed by atoms with E-state index >= 15 is 0 Å². The summed E-state index contributed by atoms with van der Waals surface area (Å²) in [6.07, 6.45) is -0.219. The summed E-state index contributed by atoms with van der Waals surface area (Å²) in [4.78, 5) is 56.5. The number of piperazine rings is 1. The number of benzene rings is 2. The number of alkyl halides is 3. The van der Waals surface area contributed by atoms with Gasteiger partial charge in [0, 0.05) is 31.7 Å². The highest BCUT2D eigenvalue weighted by atomic mass is 19.4. The molecule has 0 radical (unpaired) electrons. The van der Waals surface area contributed by atoms with Gasteiger partial charge in [0.25, 0.3) is 11.5 Å². The zero-order valence-electron chi connectivity index (χ0n) is 27.1. The van der Waals surface area contributed by atoms with Gasteiger partial charge in [-0.25, -0.2) is 15.0 Å². The van der Waals surface area contributed by atoms with Crippen LogP contribution in [0.25, 0.3) is 16.6 Å². The molecule has 0 spiro atoms. The van der Waals surface area contributed by atoms with Crippen LogP contribution in [0.2, 0.25) is 0 Å². The monoisotopic (exact) mass is 691 g/mol. The number of ketones is 1. The Bertz CT molecular complexity index is 2040. The van der Waals surface area contributed by atoms with E-state index in [1.54, 1.807) is 47.4 Å². The summed E-state index contributed by atoms with van der Waals surface area (Å²) in [5, 5.41) is 8.42. The van der Waals surface area contributed by atoms with Crippen molar-refractivity contribution in [3.8, 4) is 17.2 Å². The molecule has 1 aliphatic heterocycles. The molecule has 14 nitrogen and oxygen atoms in total. The van der Waals surface area contributed by atoms with Crippen molar-refractivity contribution in [1.29, 1.82) is 0 Å². The molecular weight excluding hydrogens is 659 g/mol. The number of Topliss-reactive ketones (excluding diaryl/α,β-unsaturated/α-hetero) is 1. The van der Waals surface area contributed by atoms with Crippen molar-refractivity contribution >= 4 is 22.6 Å². The maximum Gasteiger partial charge on any atom is 0.451 e. The molecule has 50 heavy (non-hydrogen) atoms. The largest absolute Gasteiger partial charge is 0.489 e. The van der Waals surface area contributed by atoms with E-state index in [9.17, 15) is 27.6 Å². The molecule has 1 fully saturated rings. The minimum atomic E-state index is -4.68. The number of halogens is 3. The van der Waals surface area contributed by atoms with Crippen molar-refractivity contribution in [1.82, 2.24) is 44.3 Å². The Kier molecular flexibility index (Phi) is 9.85. The third-order valence-corrected chi connectivity index (χ3v) is 7.82. The fourth-order valence-electron chi connectivity index (χ4n) is 5.43. The number of ether oxygens (including phenoxy) is 2. The lowest BCUT2D eigenvalue weighted by molar-refractivity contribution is -0.145. The molecule has 4 heterocycles. The van der Waals surface area contributed by atoms with Crippen LogP contribution in [0, 0.1) is 0 Å². The van der Waals surface area contributed by atoms with Crippen LogP contribution < -0.4 is 15.0 Å². The maximum atomic E-state index is 14.2. The van der Waals surface area contributed by atoms with Gasteiger partial charge in [-0.2, -0.15) is 28.2 Å². The molecule has 0 aliphatic carbocycles. The number of amides is 1. The predicted octanol–water partition coefficient (Wildman–Crippen LogP) is 3.18. The normalized spacial score (nSPS) is 13.9. The molecule has 1 saturated heterocycles. The lowest BCUT2D eigenvalue weighted by Crippen LogP contribution is -2.50. The van der Waals surface area contributed by atoms with E-state index in [1.165, 1.54) is 21.8 Å². The third-order valence-electron chi connectivity index (χ3n) is 7.82. The molecule has 0 saturated carbocycles. The number of rotatable bonds is 11. The van der Waals surface area contributed by atoms with E-state index in [-0.39, 0.29) is 42.2 Å². The van der Waals surface area contributed by atoms with Crippen LogP contribution in [0.4, 0.5) is 13.2 Å². The smallest absolute Gasteiger partial charge is 0.451 e. The summed E-state index contributed by atoms with van der Waals surface area (Å²) in [7, 11) is 0. The van der Waals surface area contributed by atoms with Gasteiger partial charge < -0.3 is 14.4 Å². The van der Waals surface area contributed by atoms with Crippen LogP contribution in [0.5, 0.6) is 11.5 Å². The van der Waals surface area contributed by atoms with Crippen LogP contribution in [-0.2, 0) is 24.1 Å². The van der Waals surface area contributed by atoms with E-state index < -0.39 is 18.6 Å². The average molecular weight is 692 g/mol.